The van der Waals surface area contributed by atoms with Crippen LogP contribution in [0.5, 0.6) is 0 Å². The smallest absolute Gasteiger partial charge is 0.0823 e. The summed E-state index contributed by atoms with van der Waals surface area (Å²) in [5.74, 6) is 0. The molecule has 0 spiro atoms. The van der Waals surface area contributed by atoms with Crippen molar-refractivity contribution in [3.8, 4) is 0 Å². The van der Waals surface area contributed by atoms with Crippen LogP contribution in [0.3, 0.4) is 0 Å². The van der Waals surface area contributed by atoms with Crippen molar-refractivity contribution >= 4 is 0 Å². The van der Waals surface area contributed by atoms with Gasteiger partial charge < -0.3 is 10.1 Å². The third-order valence-corrected chi connectivity index (χ3v) is 2.04. The lowest BCUT2D eigenvalue weighted by molar-refractivity contribution is 0.0208. The van der Waals surface area contributed by atoms with Crippen LogP contribution in [0.1, 0.15) is 5.56 Å². The molecule has 1 aliphatic heterocycles. The Morgan fingerprint density at radius 1 is 1.58 bits per heavy atom. The third kappa shape index (κ3) is 1.84. The first-order chi connectivity index (χ1) is 5.95. The first kappa shape index (κ1) is 7.76. The van der Waals surface area contributed by atoms with E-state index >= 15 is 0 Å². The molecule has 2 rings (SSSR count). The summed E-state index contributed by atoms with van der Waals surface area (Å²) in [5, 5.41) is 9.80. The Balaban J connectivity index is 1.62. The number of H-pyrrole nitrogens is 1. The summed E-state index contributed by atoms with van der Waals surface area (Å²) in [6, 6.07) is 0. The second-order valence-corrected chi connectivity index (χ2v) is 3.01. The van der Waals surface area contributed by atoms with E-state index in [1.165, 1.54) is 5.56 Å². The maximum Gasteiger partial charge on any atom is 0.0823 e. The number of hydrogen-bond donors (Lipinski definition) is 2. The Hall–Kier alpha value is -0.870. The zero-order valence-corrected chi connectivity index (χ0v) is 6.92. The maximum absolute atomic E-state index is 5.55. The normalized spacial score (nSPS) is 17.7. The maximum atomic E-state index is 5.55. The van der Waals surface area contributed by atoms with Crippen molar-refractivity contribution in [1.82, 2.24) is 15.5 Å². The number of nitrogens with one attached hydrogen (secondary N) is 2. The molecule has 0 radical (unpaired) electrons. The highest BCUT2D eigenvalue weighted by atomic mass is 16.5. The molecule has 1 aliphatic rings. The number of ether oxygens (including phenoxy) is 1. The molecule has 4 heteroatoms. The van der Waals surface area contributed by atoms with Gasteiger partial charge in [0.25, 0.3) is 0 Å². The van der Waals surface area contributed by atoms with E-state index in [4.69, 9.17) is 4.74 Å². The molecule has 4 nitrogen and oxygen atoms in total. The summed E-state index contributed by atoms with van der Waals surface area (Å²) in [7, 11) is 0. The van der Waals surface area contributed by atoms with E-state index in [0.29, 0.717) is 6.10 Å². The largest absolute Gasteiger partial charge is 0.375 e. The molecule has 12 heavy (non-hydrogen) atoms. The van der Waals surface area contributed by atoms with Crippen molar-refractivity contribution < 1.29 is 4.74 Å². The number of nitrogens with zero attached hydrogens (tertiary/aromatic N) is 1. The molecule has 0 amide bonds. The average molecular weight is 167 g/mol. The van der Waals surface area contributed by atoms with Crippen LogP contribution < -0.4 is 5.32 Å². The molecule has 1 saturated heterocycles. The van der Waals surface area contributed by atoms with Crippen molar-refractivity contribution in [1.29, 1.82) is 0 Å². The van der Waals surface area contributed by atoms with Gasteiger partial charge in [0, 0.05) is 19.3 Å². The Labute approximate surface area is 71.3 Å². The minimum Gasteiger partial charge on any atom is -0.375 e. The van der Waals surface area contributed by atoms with Gasteiger partial charge in [-0.25, -0.2) is 0 Å². The molecule has 0 unspecified atom stereocenters. The predicted molar refractivity (Wildman–Crippen MR) is 44.9 cm³/mol. The summed E-state index contributed by atoms with van der Waals surface area (Å²) >= 11 is 0. The molecule has 0 atom stereocenters. The van der Waals surface area contributed by atoms with E-state index in [9.17, 15) is 0 Å². The van der Waals surface area contributed by atoms with Gasteiger partial charge in [0.05, 0.1) is 18.9 Å². The summed E-state index contributed by atoms with van der Waals surface area (Å²) in [6.45, 7) is 2.81. The quantitative estimate of drug-likeness (QED) is 0.660. The molecular weight excluding hydrogens is 154 g/mol. The Kier molecular flexibility index (Phi) is 2.39. The molecule has 0 bridgehead atoms. The van der Waals surface area contributed by atoms with Crippen LogP contribution in [0.25, 0.3) is 0 Å². The number of rotatable bonds is 4. The predicted octanol–water partition coefficient (Wildman–Crippen LogP) is -0.0594. The molecule has 1 fully saturated rings. The van der Waals surface area contributed by atoms with Crippen LogP contribution in [0.2, 0.25) is 0 Å². The van der Waals surface area contributed by atoms with Crippen molar-refractivity contribution in [3.63, 3.8) is 0 Å². The van der Waals surface area contributed by atoms with Crippen LogP contribution in [0.4, 0.5) is 0 Å². The summed E-state index contributed by atoms with van der Waals surface area (Å²) < 4.78 is 5.55. The van der Waals surface area contributed by atoms with Crippen LogP contribution in [0.15, 0.2) is 12.4 Å². The molecule has 66 valence electrons. The molecule has 1 aromatic heterocycles. The Morgan fingerprint density at radius 3 is 3.08 bits per heavy atom. The highest BCUT2D eigenvalue weighted by Crippen LogP contribution is 2.01. The van der Waals surface area contributed by atoms with Gasteiger partial charge in [0.2, 0.25) is 0 Å². The standard InChI is InChI=1S/C8H13N3O/c1(7-3-10-11-4-7)2-12-8-5-9-6-8/h3-4,8-9H,1-2,5-6H2,(H,10,11). The second-order valence-electron chi connectivity index (χ2n) is 3.01. The Morgan fingerprint density at radius 2 is 2.50 bits per heavy atom. The molecular formula is C8H13N3O. The molecule has 0 aromatic carbocycles. The number of aromatic amines is 1. The first-order valence-electron chi connectivity index (χ1n) is 4.25. The summed E-state index contributed by atoms with van der Waals surface area (Å²) in [5.41, 5.74) is 1.21. The lowest BCUT2D eigenvalue weighted by atomic mass is 10.2. The minimum absolute atomic E-state index is 0.442. The molecule has 2 heterocycles. The Bertz CT molecular complexity index is 218. The van der Waals surface area contributed by atoms with Crippen LogP contribution in [-0.2, 0) is 11.2 Å². The topological polar surface area (TPSA) is 49.9 Å². The summed E-state index contributed by atoms with van der Waals surface area (Å²) in [4.78, 5) is 0. The fourth-order valence-corrected chi connectivity index (χ4v) is 1.14. The van der Waals surface area contributed by atoms with Gasteiger partial charge in [-0.05, 0) is 12.0 Å². The average Bonchev–Trinajstić information content (AvgIpc) is 2.46. The fraction of sp³-hybridized carbons (Fsp3) is 0.625. The van der Waals surface area contributed by atoms with Gasteiger partial charge in [-0.3, -0.25) is 5.10 Å². The lowest BCUT2D eigenvalue weighted by Crippen LogP contribution is -2.48. The van der Waals surface area contributed by atoms with Crippen molar-refractivity contribution in [3.05, 3.63) is 18.0 Å². The number of aromatic nitrogens is 2. The van der Waals surface area contributed by atoms with Gasteiger partial charge in [-0.1, -0.05) is 0 Å². The van der Waals surface area contributed by atoms with Gasteiger partial charge in [-0.2, -0.15) is 5.10 Å². The van der Waals surface area contributed by atoms with Crippen molar-refractivity contribution in [2.24, 2.45) is 0 Å². The molecule has 0 aliphatic carbocycles. The van der Waals surface area contributed by atoms with E-state index in [-0.39, 0.29) is 0 Å². The van der Waals surface area contributed by atoms with Gasteiger partial charge in [0.1, 0.15) is 0 Å². The van der Waals surface area contributed by atoms with E-state index in [2.05, 4.69) is 15.5 Å². The van der Waals surface area contributed by atoms with Crippen LogP contribution >= 0.6 is 0 Å². The number of hydrogen-bond acceptors (Lipinski definition) is 3. The van der Waals surface area contributed by atoms with Gasteiger partial charge in [-0.15, -0.1) is 0 Å². The molecule has 0 saturated carbocycles. The lowest BCUT2D eigenvalue weighted by Gasteiger charge is -2.26. The fourth-order valence-electron chi connectivity index (χ4n) is 1.14. The zero-order chi connectivity index (χ0) is 8.23. The second kappa shape index (κ2) is 3.69. The monoisotopic (exact) mass is 167 g/mol. The first-order valence-corrected chi connectivity index (χ1v) is 4.25. The van der Waals surface area contributed by atoms with E-state index in [0.717, 1.165) is 26.1 Å². The van der Waals surface area contributed by atoms with Crippen LogP contribution in [-0.4, -0.2) is 36.0 Å². The SMILES string of the molecule is c1n[nH]cc1CCOC1CNC1. The van der Waals surface area contributed by atoms with E-state index in [1.54, 1.807) is 0 Å². The zero-order valence-electron chi connectivity index (χ0n) is 6.92. The van der Waals surface area contributed by atoms with Gasteiger partial charge >= 0.3 is 0 Å². The molecule has 1 aromatic rings. The van der Waals surface area contributed by atoms with E-state index < -0.39 is 0 Å². The highest BCUT2D eigenvalue weighted by molar-refractivity contribution is 5.02. The van der Waals surface area contributed by atoms with Crippen molar-refractivity contribution in [2.45, 2.75) is 12.5 Å². The van der Waals surface area contributed by atoms with Gasteiger partial charge in [0.15, 0.2) is 0 Å². The minimum atomic E-state index is 0.442. The summed E-state index contributed by atoms with van der Waals surface area (Å²) in [6.07, 6.45) is 5.13. The van der Waals surface area contributed by atoms with E-state index in [1.807, 2.05) is 12.4 Å². The van der Waals surface area contributed by atoms with Crippen molar-refractivity contribution in [2.75, 3.05) is 19.7 Å². The molecule has 2 N–H and O–H groups in total. The van der Waals surface area contributed by atoms with Crippen LogP contribution in [0, 0.1) is 0 Å². The third-order valence-electron chi connectivity index (χ3n) is 2.04. The highest BCUT2D eigenvalue weighted by Gasteiger charge is 2.16.